The van der Waals surface area contributed by atoms with E-state index in [0.717, 1.165) is 5.46 Å². The lowest BCUT2D eigenvalue weighted by Gasteiger charge is -2.03. The van der Waals surface area contributed by atoms with Crippen LogP contribution in [-0.2, 0) is 4.74 Å². The molecule has 0 spiro atoms. The van der Waals surface area contributed by atoms with Gasteiger partial charge in [-0.1, -0.05) is 30.5 Å². The molecule has 0 fully saturated rings. The Morgan fingerprint density at radius 2 is 2.08 bits per heavy atom. The summed E-state index contributed by atoms with van der Waals surface area (Å²) >= 11 is 0. The van der Waals surface area contributed by atoms with Crippen LogP contribution in [0.15, 0.2) is 24.3 Å². The van der Waals surface area contributed by atoms with Crippen molar-refractivity contribution < 1.29 is 9.53 Å². The molecule has 0 aliphatic carbocycles. The minimum atomic E-state index is -0.288. The molecule has 0 aromatic heterocycles. The summed E-state index contributed by atoms with van der Waals surface area (Å²) in [5.74, 6) is -0.288. The van der Waals surface area contributed by atoms with E-state index in [0.29, 0.717) is 5.56 Å². The summed E-state index contributed by atoms with van der Waals surface area (Å²) in [6.07, 6.45) is 0. The van der Waals surface area contributed by atoms with Crippen molar-refractivity contribution in [2.75, 3.05) is 7.11 Å². The Morgan fingerprint density at radius 1 is 1.42 bits per heavy atom. The van der Waals surface area contributed by atoms with Gasteiger partial charge in [0.05, 0.1) is 12.7 Å². The maximum Gasteiger partial charge on any atom is 0.337 e. The summed E-state index contributed by atoms with van der Waals surface area (Å²) in [5.41, 5.74) is 1.52. The van der Waals surface area contributed by atoms with Gasteiger partial charge in [0.25, 0.3) is 0 Å². The van der Waals surface area contributed by atoms with E-state index < -0.39 is 0 Å². The zero-order valence-electron chi connectivity index (χ0n) is 7.20. The van der Waals surface area contributed by atoms with E-state index in [1.807, 2.05) is 32.3 Å². The van der Waals surface area contributed by atoms with Crippen LogP contribution in [0.3, 0.4) is 0 Å². The third kappa shape index (κ3) is 1.67. The Balaban J connectivity index is 3.04. The Kier molecular flexibility index (Phi) is 2.91. The fraction of sp³-hybridized carbons (Fsp3) is 0.222. The van der Waals surface area contributed by atoms with Crippen molar-refractivity contribution in [2.24, 2.45) is 0 Å². The molecule has 1 rings (SSSR count). The quantitative estimate of drug-likeness (QED) is 0.474. The van der Waals surface area contributed by atoms with Gasteiger partial charge in [-0.2, -0.15) is 0 Å². The van der Waals surface area contributed by atoms with Gasteiger partial charge in [-0.05, 0) is 6.07 Å². The molecule has 61 valence electrons. The summed E-state index contributed by atoms with van der Waals surface area (Å²) in [6, 6.07) is 7.34. The Labute approximate surface area is 72.8 Å². The molecular formula is C9H10BO2. The lowest BCUT2D eigenvalue weighted by Crippen LogP contribution is -2.21. The van der Waals surface area contributed by atoms with Crippen LogP contribution in [0, 0.1) is 0 Å². The van der Waals surface area contributed by atoms with Crippen LogP contribution in [-0.4, -0.2) is 20.4 Å². The van der Waals surface area contributed by atoms with Crippen molar-refractivity contribution in [2.45, 2.75) is 6.82 Å². The molecule has 0 bridgehead atoms. The van der Waals surface area contributed by atoms with Crippen molar-refractivity contribution in [1.82, 2.24) is 0 Å². The molecule has 1 aromatic rings. The van der Waals surface area contributed by atoms with E-state index in [-0.39, 0.29) is 5.97 Å². The molecule has 0 unspecified atom stereocenters. The molecule has 1 aromatic carbocycles. The summed E-state index contributed by atoms with van der Waals surface area (Å²) in [5, 5.41) is 0. The van der Waals surface area contributed by atoms with Crippen LogP contribution >= 0.6 is 0 Å². The summed E-state index contributed by atoms with van der Waals surface area (Å²) in [6.45, 7) is 1.89. The van der Waals surface area contributed by atoms with Gasteiger partial charge in [0.15, 0.2) is 0 Å². The standard InChI is InChI=1S/C9H10BO2/c1-10-8-6-4-3-5-7(8)9(11)12-2/h3-6H,1-2H3. The van der Waals surface area contributed by atoms with E-state index in [2.05, 4.69) is 4.74 Å². The van der Waals surface area contributed by atoms with Crippen molar-refractivity contribution in [1.29, 1.82) is 0 Å². The molecule has 12 heavy (non-hydrogen) atoms. The Morgan fingerprint density at radius 3 is 2.67 bits per heavy atom. The minimum absolute atomic E-state index is 0.288. The molecule has 1 radical (unpaired) electrons. The molecular weight excluding hydrogens is 151 g/mol. The summed E-state index contributed by atoms with van der Waals surface area (Å²) in [7, 11) is 3.26. The van der Waals surface area contributed by atoms with Gasteiger partial charge in [0.2, 0.25) is 0 Å². The molecule has 0 aliphatic rings. The van der Waals surface area contributed by atoms with Crippen LogP contribution in [0.5, 0.6) is 0 Å². The number of methoxy groups -OCH3 is 1. The van der Waals surface area contributed by atoms with Crippen LogP contribution in [0.1, 0.15) is 10.4 Å². The largest absolute Gasteiger partial charge is 0.465 e. The zero-order valence-corrected chi connectivity index (χ0v) is 7.20. The summed E-state index contributed by atoms with van der Waals surface area (Å²) in [4.78, 5) is 11.2. The third-order valence-electron chi connectivity index (χ3n) is 1.68. The highest BCUT2D eigenvalue weighted by molar-refractivity contribution is 6.53. The van der Waals surface area contributed by atoms with Crippen LogP contribution < -0.4 is 5.46 Å². The number of ether oxygens (including phenoxy) is 1. The lowest BCUT2D eigenvalue weighted by molar-refractivity contribution is 0.0602. The molecule has 0 atom stereocenters. The minimum Gasteiger partial charge on any atom is -0.465 e. The molecule has 0 aliphatic heterocycles. The maximum atomic E-state index is 11.2. The van der Waals surface area contributed by atoms with Gasteiger partial charge in [-0.15, -0.1) is 0 Å². The molecule has 0 N–H and O–H groups in total. The number of esters is 1. The fourth-order valence-electron chi connectivity index (χ4n) is 1.04. The van der Waals surface area contributed by atoms with Gasteiger partial charge in [-0.3, -0.25) is 0 Å². The van der Waals surface area contributed by atoms with Crippen LogP contribution in [0.2, 0.25) is 6.82 Å². The number of carbonyl (C=O) groups excluding carboxylic acids is 1. The van der Waals surface area contributed by atoms with Crippen LogP contribution in [0.4, 0.5) is 0 Å². The molecule has 0 amide bonds. The number of carbonyl (C=O) groups is 1. The first-order chi connectivity index (χ1) is 5.79. The van der Waals surface area contributed by atoms with Crippen molar-refractivity contribution >= 4 is 18.7 Å². The Hall–Kier alpha value is -1.25. The van der Waals surface area contributed by atoms with Gasteiger partial charge in [0.1, 0.15) is 7.28 Å². The van der Waals surface area contributed by atoms with Crippen LogP contribution in [0.25, 0.3) is 0 Å². The fourth-order valence-corrected chi connectivity index (χ4v) is 1.04. The predicted octanol–water partition coefficient (Wildman–Crippen LogP) is 0.851. The normalized spacial score (nSPS) is 9.17. The second-order valence-electron chi connectivity index (χ2n) is 2.37. The Bertz CT molecular complexity index is 284. The molecule has 3 heteroatoms. The number of hydrogen-bond acceptors (Lipinski definition) is 2. The van der Waals surface area contributed by atoms with E-state index >= 15 is 0 Å². The van der Waals surface area contributed by atoms with Crippen molar-refractivity contribution in [3.8, 4) is 0 Å². The monoisotopic (exact) mass is 161 g/mol. The zero-order chi connectivity index (χ0) is 8.97. The smallest absolute Gasteiger partial charge is 0.337 e. The highest BCUT2D eigenvalue weighted by Gasteiger charge is 2.08. The van der Waals surface area contributed by atoms with Gasteiger partial charge < -0.3 is 4.74 Å². The highest BCUT2D eigenvalue weighted by Crippen LogP contribution is 1.97. The van der Waals surface area contributed by atoms with Gasteiger partial charge in [0, 0.05) is 0 Å². The maximum absolute atomic E-state index is 11.2. The molecule has 0 saturated heterocycles. The predicted molar refractivity (Wildman–Crippen MR) is 49.0 cm³/mol. The molecule has 0 heterocycles. The van der Waals surface area contributed by atoms with Crippen molar-refractivity contribution in [3.05, 3.63) is 29.8 Å². The second kappa shape index (κ2) is 3.95. The van der Waals surface area contributed by atoms with Crippen molar-refractivity contribution in [3.63, 3.8) is 0 Å². The van der Waals surface area contributed by atoms with Gasteiger partial charge in [-0.25, -0.2) is 4.79 Å². The molecule has 2 nitrogen and oxygen atoms in total. The first kappa shape index (κ1) is 8.85. The van der Waals surface area contributed by atoms with E-state index in [4.69, 9.17) is 0 Å². The first-order valence-corrected chi connectivity index (χ1v) is 3.76. The topological polar surface area (TPSA) is 26.3 Å². The number of rotatable bonds is 2. The number of hydrogen-bond donors (Lipinski definition) is 0. The SMILES string of the molecule is C[B]c1ccccc1C(=O)OC. The second-order valence-corrected chi connectivity index (χ2v) is 2.37. The van der Waals surface area contributed by atoms with E-state index in [1.54, 1.807) is 6.07 Å². The van der Waals surface area contributed by atoms with E-state index in [9.17, 15) is 4.79 Å². The third-order valence-corrected chi connectivity index (χ3v) is 1.68. The molecule has 0 saturated carbocycles. The van der Waals surface area contributed by atoms with Gasteiger partial charge >= 0.3 is 5.97 Å². The average molecular weight is 161 g/mol. The number of benzene rings is 1. The van der Waals surface area contributed by atoms with E-state index in [1.165, 1.54) is 7.11 Å². The average Bonchev–Trinajstić information content (AvgIpc) is 2.16. The summed E-state index contributed by atoms with van der Waals surface area (Å²) < 4.78 is 4.62. The first-order valence-electron chi connectivity index (χ1n) is 3.76. The lowest BCUT2D eigenvalue weighted by atomic mass is 9.71. The highest BCUT2D eigenvalue weighted by atomic mass is 16.5.